The van der Waals surface area contributed by atoms with Gasteiger partial charge in [0.25, 0.3) is 0 Å². The summed E-state index contributed by atoms with van der Waals surface area (Å²) in [5.74, 6) is 0.723. The zero-order chi connectivity index (χ0) is 11.3. The first-order valence-electron chi connectivity index (χ1n) is 5.44. The quantitative estimate of drug-likeness (QED) is 0.548. The first-order valence-corrected chi connectivity index (χ1v) is 5.97. The number of halogens is 1. The van der Waals surface area contributed by atoms with Crippen molar-refractivity contribution in [2.45, 2.75) is 26.8 Å². The molecular weight excluding hydrogens is 206 g/mol. The number of benzene rings is 1. The molecule has 1 aromatic rings. The minimum absolute atomic E-state index is 0.577. The van der Waals surface area contributed by atoms with E-state index in [9.17, 15) is 0 Å². The van der Waals surface area contributed by atoms with Gasteiger partial charge in [0.2, 0.25) is 0 Å². The van der Waals surface area contributed by atoms with E-state index in [-0.39, 0.29) is 0 Å². The van der Waals surface area contributed by atoms with E-state index in [1.54, 1.807) is 0 Å². The minimum atomic E-state index is 0.577. The van der Waals surface area contributed by atoms with Crippen LogP contribution in [0.25, 0.3) is 0 Å². The first kappa shape index (κ1) is 12.5. The third-order valence-corrected chi connectivity index (χ3v) is 2.73. The zero-order valence-corrected chi connectivity index (χ0v) is 10.6. The van der Waals surface area contributed by atoms with Crippen LogP contribution < -0.4 is 0 Å². The summed E-state index contributed by atoms with van der Waals surface area (Å²) in [7, 11) is 2.02. The van der Waals surface area contributed by atoms with Crippen molar-refractivity contribution >= 4 is 11.6 Å². The number of alkyl halides is 1. The molecule has 1 nitrogen and oxygen atoms in total. The van der Waals surface area contributed by atoms with Crippen LogP contribution in [0.1, 0.15) is 25.0 Å². The van der Waals surface area contributed by atoms with Gasteiger partial charge in [-0.3, -0.25) is 4.90 Å². The van der Waals surface area contributed by atoms with Gasteiger partial charge >= 0.3 is 0 Å². The predicted octanol–water partition coefficient (Wildman–Crippen LogP) is 3.51. The molecule has 1 aromatic carbocycles. The highest BCUT2D eigenvalue weighted by Gasteiger charge is 2.00. The minimum Gasteiger partial charge on any atom is -0.289 e. The van der Waals surface area contributed by atoms with Gasteiger partial charge in [0.15, 0.2) is 0 Å². The van der Waals surface area contributed by atoms with Crippen molar-refractivity contribution in [1.82, 2.24) is 4.90 Å². The molecule has 0 atom stereocenters. The van der Waals surface area contributed by atoms with Gasteiger partial charge in [-0.25, -0.2) is 0 Å². The molecule has 0 bridgehead atoms. The maximum atomic E-state index is 5.73. The lowest BCUT2D eigenvalue weighted by molar-refractivity contribution is 0.382. The second-order valence-electron chi connectivity index (χ2n) is 4.55. The summed E-state index contributed by atoms with van der Waals surface area (Å²) in [4.78, 5) is 2.08. The maximum absolute atomic E-state index is 5.73. The molecule has 0 aliphatic heterocycles. The molecule has 84 valence electrons. The van der Waals surface area contributed by atoms with E-state index in [4.69, 9.17) is 11.6 Å². The lowest BCUT2D eigenvalue weighted by atomic mass is 10.0. The maximum Gasteiger partial charge on any atom is 0.0738 e. The van der Waals surface area contributed by atoms with Gasteiger partial charge in [-0.2, -0.15) is 0 Å². The lowest BCUT2D eigenvalue weighted by Crippen LogP contribution is -2.15. The van der Waals surface area contributed by atoms with Gasteiger partial charge in [0.1, 0.15) is 0 Å². The standard InChI is InChI=1S/C13H20ClN/c1-11(2)8-12-4-6-13(7-5-12)9-15(3)10-14/h4-7,11H,8-10H2,1-3H3. The lowest BCUT2D eigenvalue weighted by Gasteiger charge is -2.13. The van der Waals surface area contributed by atoms with Crippen LogP contribution >= 0.6 is 11.6 Å². The second-order valence-corrected chi connectivity index (χ2v) is 4.79. The monoisotopic (exact) mass is 225 g/mol. The Bertz CT molecular complexity index is 279. The molecule has 0 N–H and O–H groups in total. The summed E-state index contributed by atoms with van der Waals surface area (Å²) < 4.78 is 0. The summed E-state index contributed by atoms with van der Waals surface area (Å²) in [6.45, 7) is 5.41. The predicted molar refractivity (Wildman–Crippen MR) is 67.2 cm³/mol. The molecule has 0 aliphatic rings. The molecule has 0 aliphatic carbocycles. The summed E-state index contributed by atoms with van der Waals surface area (Å²) in [6, 6.07) is 9.41. The van der Waals surface area contributed by atoms with Crippen molar-refractivity contribution in [2.75, 3.05) is 13.1 Å². The van der Waals surface area contributed by atoms with Crippen LogP contribution in [0.2, 0.25) is 0 Å². The SMILES string of the molecule is CC(C)Cc1ccc(CN(C)CCl)cc1. The summed E-state index contributed by atoms with van der Waals surface area (Å²) in [5, 5.41) is 0. The molecule has 15 heavy (non-hydrogen) atoms. The van der Waals surface area contributed by atoms with Crippen LogP contribution in [0.15, 0.2) is 24.3 Å². The van der Waals surface area contributed by atoms with Gasteiger partial charge < -0.3 is 0 Å². The molecule has 0 unspecified atom stereocenters. The molecule has 1 rings (SSSR count). The van der Waals surface area contributed by atoms with Crippen LogP contribution in [-0.4, -0.2) is 18.0 Å². The summed E-state index contributed by atoms with van der Waals surface area (Å²) in [6.07, 6.45) is 1.16. The van der Waals surface area contributed by atoms with Gasteiger partial charge in [-0.15, -0.1) is 11.6 Å². The highest BCUT2D eigenvalue weighted by atomic mass is 35.5. The molecule has 0 heterocycles. The highest BCUT2D eigenvalue weighted by Crippen LogP contribution is 2.11. The Labute approximate surface area is 98.0 Å². The first-order chi connectivity index (χ1) is 7.11. The van der Waals surface area contributed by atoms with Crippen LogP contribution in [0.3, 0.4) is 0 Å². The Morgan fingerprint density at radius 3 is 2.13 bits per heavy atom. The zero-order valence-electron chi connectivity index (χ0n) is 9.83. The highest BCUT2D eigenvalue weighted by molar-refractivity contribution is 6.17. The van der Waals surface area contributed by atoms with Gasteiger partial charge in [0, 0.05) is 6.54 Å². The van der Waals surface area contributed by atoms with Gasteiger partial charge in [-0.05, 0) is 30.5 Å². The van der Waals surface area contributed by atoms with Crippen molar-refractivity contribution in [3.63, 3.8) is 0 Å². The Hall–Kier alpha value is -0.530. The second kappa shape index (κ2) is 6.14. The molecule has 0 radical (unpaired) electrons. The Morgan fingerprint density at radius 1 is 1.13 bits per heavy atom. The fourth-order valence-corrected chi connectivity index (χ4v) is 1.69. The molecular formula is C13H20ClN. The van der Waals surface area contributed by atoms with Crippen LogP contribution in [0, 0.1) is 5.92 Å². The normalized spacial score (nSPS) is 11.3. The molecule has 0 amide bonds. The third-order valence-electron chi connectivity index (χ3n) is 2.32. The van der Waals surface area contributed by atoms with E-state index in [0.29, 0.717) is 6.00 Å². The van der Waals surface area contributed by atoms with E-state index in [2.05, 4.69) is 43.0 Å². The number of hydrogen-bond acceptors (Lipinski definition) is 1. The van der Waals surface area contributed by atoms with Crippen molar-refractivity contribution in [2.24, 2.45) is 5.92 Å². The summed E-state index contributed by atoms with van der Waals surface area (Å²) >= 11 is 5.73. The molecule has 0 saturated heterocycles. The number of nitrogens with zero attached hydrogens (tertiary/aromatic N) is 1. The average molecular weight is 226 g/mol. The Morgan fingerprint density at radius 2 is 1.67 bits per heavy atom. The fraction of sp³-hybridized carbons (Fsp3) is 0.538. The van der Waals surface area contributed by atoms with E-state index >= 15 is 0 Å². The third kappa shape index (κ3) is 4.67. The van der Waals surface area contributed by atoms with Gasteiger partial charge in [-0.1, -0.05) is 38.1 Å². The number of rotatable bonds is 5. The van der Waals surface area contributed by atoms with Crippen LogP contribution in [0.4, 0.5) is 0 Å². The summed E-state index contributed by atoms with van der Waals surface area (Å²) in [5.41, 5.74) is 2.74. The molecule has 0 saturated carbocycles. The smallest absolute Gasteiger partial charge is 0.0738 e. The van der Waals surface area contributed by atoms with Crippen LogP contribution in [-0.2, 0) is 13.0 Å². The van der Waals surface area contributed by atoms with Crippen LogP contribution in [0.5, 0.6) is 0 Å². The topological polar surface area (TPSA) is 3.24 Å². The molecule has 2 heteroatoms. The van der Waals surface area contributed by atoms with Crippen molar-refractivity contribution in [3.05, 3.63) is 35.4 Å². The van der Waals surface area contributed by atoms with Gasteiger partial charge in [0.05, 0.1) is 6.00 Å². The Balaban J connectivity index is 2.56. The van der Waals surface area contributed by atoms with Crippen molar-refractivity contribution < 1.29 is 0 Å². The molecule has 0 fully saturated rings. The van der Waals surface area contributed by atoms with Crippen molar-refractivity contribution in [1.29, 1.82) is 0 Å². The van der Waals surface area contributed by atoms with Crippen molar-refractivity contribution in [3.8, 4) is 0 Å². The van der Waals surface area contributed by atoms with E-state index < -0.39 is 0 Å². The number of hydrogen-bond donors (Lipinski definition) is 0. The molecule has 0 spiro atoms. The fourth-order valence-electron chi connectivity index (χ4n) is 1.61. The van der Waals surface area contributed by atoms with E-state index in [1.165, 1.54) is 11.1 Å². The largest absolute Gasteiger partial charge is 0.289 e. The Kier molecular flexibility index (Phi) is 5.13. The average Bonchev–Trinajstić information content (AvgIpc) is 2.20. The van der Waals surface area contributed by atoms with E-state index in [0.717, 1.165) is 18.9 Å². The molecule has 0 aromatic heterocycles. The van der Waals surface area contributed by atoms with E-state index in [1.807, 2.05) is 7.05 Å².